The van der Waals surface area contributed by atoms with E-state index in [1.54, 1.807) is 0 Å². The van der Waals surface area contributed by atoms with E-state index in [1.165, 1.54) is 11.1 Å². The molecule has 0 fully saturated rings. The molecule has 3 nitrogen and oxygen atoms in total. The van der Waals surface area contributed by atoms with Crippen molar-refractivity contribution in [1.82, 2.24) is 4.90 Å². The average molecular weight is 320 g/mol. The van der Waals surface area contributed by atoms with E-state index in [0.29, 0.717) is 0 Å². The molecule has 0 spiro atoms. The van der Waals surface area contributed by atoms with E-state index >= 15 is 0 Å². The molecule has 1 heterocycles. The van der Waals surface area contributed by atoms with Crippen molar-refractivity contribution < 1.29 is 4.42 Å². The number of benzene rings is 2. The zero-order chi connectivity index (χ0) is 17.1. The number of rotatable bonds is 5. The Morgan fingerprint density at radius 1 is 1.12 bits per heavy atom. The van der Waals surface area contributed by atoms with Crippen LogP contribution in [0, 0.1) is 13.8 Å². The molecule has 24 heavy (non-hydrogen) atoms. The number of aliphatic imine (C=N–C) groups is 1. The molecule has 0 saturated heterocycles. The van der Waals surface area contributed by atoms with Crippen LogP contribution in [0.3, 0.4) is 0 Å². The van der Waals surface area contributed by atoms with Crippen LogP contribution in [0.5, 0.6) is 0 Å². The minimum Gasteiger partial charge on any atom is -0.460 e. The van der Waals surface area contributed by atoms with Crippen LogP contribution in [0.2, 0.25) is 0 Å². The van der Waals surface area contributed by atoms with E-state index < -0.39 is 0 Å². The van der Waals surface area contributed by atoms with E-state index in [-0.39, 0.29) is 0 Å². The molecule has 0 aliphatic heterocycles. The second kappa shape index (κ2) is 6.91. The first-order valence-electron chi connectivity index (χ1n) is 8.39. The topological polar surface area (TPSA) is 28.7 Å². The second-order valence-corrected chi connectivity index (χ2v) is 6.27. The lowest BCUT2D eigenvalue weighted by atomic mass is 10.0. The minimum atomic E-state index is 0.817. The summed E-state index contributed by atoms with van der Waals surface area (Å²) in [7, 11) is 2.03. The molecule has 2 aromatic carbocycles. The van der Waals surface area contributed by atoms with Crippen LogP contribution in [0.25, 0.3) is 11.0 Å². The van der Waals surface area contributed by atoms with Gasteiger partial charge in [0.15, 0.2) is 0 Å². The molecule has 124 valence electrons. The Morgan fingerprint density at radius 2 is 1.88 bits per heavy atom. The highest BCUT2D eigenvalue weighted by molar-refractivity contribution is 5.87. The lowest BCUT2D eigenvalue weighted by molar-refractivity contribution is 0.552. The van der Waals surface area contributed by atoms with Crippen LogP contribution < -0.4 is 0 Å². The lowest BCUT2D eigenvalue weighted by Gasteiger charge is -2.08. The molecule has 1 aromatic heterocycles. The fourth-order valence-corrected chi connectivity index (χ4v) is 2.74. The second-order valence-electron chi connectivity index (χ2n) is 6.27. The van der Waals surface area contributed by atoms with Crippen molar-refractivity contribution in [3.8, 4) is 0 Å². The maximum absolute atomic E-state index is 6.12. The summed E-state index contributed by atoms with van der Waals surface area (Å²) in [5, 5.41) is 1.15. The van der Waals surface area contributed by atoms with Crippen LogP contribution in [0.15, 0.2) is 51.9 Å². The third-order valence-electron chi connectivity index (χ3n) is 4.45. The molecule has 0 bridgehead atoms. The SMILES string of the molecule is CCN(C)C=Nc1cc2c(C)c(Cc3ccccc3)oc2cc1C. The zero-order valence-electron chi connectivity index (χ0n) is 14.8. The molecule has 3 aromatic rings. The largest absolute Gasteiger partial charge is 0.460 e. The van der Waals surface area contributed by atoms with Gasteiger partial charge in [-0.3, -0.25) is 0 Å². The van der Waals surface area contributed by atoms with Gasteiger partial charge in [-0.25, -0.2) is 4.99 Å². The Kier molecular flexibility index (Phi) is 4.70. The summed E-state index contributed by atoms with van der Waals surface area (Å²) in [6.07, 6.45) is 2.70. The number of hydrogen-bond donors (Lipinski definition) is 0. The average Bonchev–Trinajstić information content (AvgIpc) is 2.88. The third kappa shape index (κ3) is 3.35. The van der Waals surface area contributed by atoms with Crippen molar-refractivity contribution in [3.63, 3.8) is 0 Å². The molecule has 0 saturated carbocycles. The van der Waals surface area contributed by atoms with Crippen LogP contribution in [0.4, 0.5) is 5.69 Å². The van der Waals surface area contributed by atoms with Crippen LogP contribution in [-0.2, 0) is 6.42 Å². The normalized spacial score (nSPS) is 11.5. The predicted octanol–water partition coefficient (Wildman–Crippen LogP) is 5.25. The molecule has 0 unspecified atom stereocenters. The first kappa shape index (κ1) is 16.3. The lowest BCUT2D eigenvalue weighted by Crippen LogP contribution is -2.14. The molecule has 3 heteroatoms. The van der Waals surface area contributed by atoms with Crippen molar-refractivity contribution in [2.75, 3.05) is 13.6 Å². The third-order valence-corrected chi connectivity index (χ3v) is 4.45. The minimum absolute atomic E-state index is 0.817. The first-order chi connectivity index (χ1) is 11.6. The predicted molar refractivity (Wildman–Crippen MR) is 101 cm³/mol. The fourth-order valence-electron chi connectivity index (χ4n) is 2.74. The van der Waals surface area contributed by atoms with E-state index in [4.69, 9.17) is 4.42 Å². The quantitative estimate of drug-likeness (QED) is 0.474. The van der Waals surface area contributed by atoms with Gasteiger partial charge in [0.2, 0.25) is 0 Å². The van der Waals surface area contributed by atoms with Crippen LogP contribution in [0.1, 0.15) is 29.4 Å². The maximum atomic E-state index is 6.12. The molecule has 0 aliphatic rings. The Hall–Kier alpha value is -2.55. The van der Waals surface area contributed by atoms with E-state index in [0.717, 1.165) is 40.9 Å². The van der Waals surface area contributed by atoms with Crippen molar-refractivity contribution in [2.45, 2.75) is 27.2 Å². The van der Waals surface area contributed by atoms with Crippen molar-refractivity contribution in [2.24, 2.45) is 4.99 Å². The highest BCUT2D eigenvalue weighted by Crippen LogP contribution is 2.32. The summed E-state index contributed by atoms with van der Waals surface area (Å²) in [6, 6.07) is 14.7. The van der Waals surface area contributed by atoms with Crippen LogP contribution in [-0.4, -0.2) is 24.8 Å². The monoisotopic (exact) mass is 320 g/mol. The smallest absolute Gasteiger partial charge is 0.134 e. The van der Waals surface area contributed by atoms with E-state index in [1.807, 2.05) is 19.5 Å². The summed E-state index contributed by atoms with van der Waals surface area (Å²) >= 11 is 0. The molecule has 0 atom stereocenters. The highest BCUT2D eigenvalue weighted by Gasteiger charge is 2.13. The molecule has 0 N–H and O–H groups in total. The first-order valence-corrected chi connectivity index (χ1v) is 8.39. The van der Waals surface area contributed by atoms with E-state index in [9.17, 15) is 0 Å². The number of hydrogen-bond acceptors (Lipinski definition) is 2. The maximum Gasteiger partial charge on any atom is 0.134 e. The summed E-state index contributed by atoms with van der Waals surface area (Å²) in [6.45, 7) is 7.26. The molecule has 3 rings (SSSR count). The molecule has 0 radical (unpaired) electrons. The van der Waals surface area contributed by atoms with Gasteiger partial charge >= 0.3 is 0 Å². The van der Waals surface area contributed by atoms with Crippen molar-refractivity contribution >= 4 is 23.0 Å². The van der Waals surface area contributed by atoms with E-state index in [2.05, 4.69) is 67.1 Å². The summed E-state index contributed by atoms with van der Waals surface area (Å²) in [5.74, 6) is 1.03. The molecular formula is C21H24N2O. The number of fused-ring (bicyclic) bond motifs is 1. The number of aryl methyl sites for hydroxylation is 2. The van der Waals surface area contributed by atoms with Gasteiger partial charge in [0, 0.05) is 25.4 Å². The highest BCUT2D eigenvalue weighted by atomic mass is 16.3. The van der Waals surface area contributed by atoms with Crippen molar-refractivity contribution in [3.05, 3.63) is 64.9 Å². The van der Waals surface area contributed by atoms with Gasteiger partial charge in [0.05, 0.1) is 12.0 Å². The Morgan fingerprint density at radius 3 is 2.58 bits per heavy atom. The van der Waals surface area contributed by atoms with Gasteiger partial charge in [-0.05, 0) is 49.6 Å². The molecule has 0 amide bonds. The molecule has 0 aliphatic carbocycles. The Bertz CT molecular complexity index is 862. The van der Waals surface area contributed by atoms with Gasteiger partial charge in [-0.2, -0.15) is 0 Å². The summed E-state index contributed by atoms with van der Waals surface area (Å²) in [4.78, 5) is 6.68. The van der Waals surface area contributed by atoms with Gasteiger partial charge in [0.25, 0.3) is 0 Å². The van der Waals surface area contributed by atoms with Gasteiger partial charge in [0.1, 0.15) is 11.3 Å². The van der Waals surface area contributed by atoms with Crippen molar-refractivity contribution in [1.29, 1.82) is 0 Å². The standard InChI is InChI=1S/C21H24N2O/c1-5-23(4)14-22-19-13-18-16(3)20(24-21(18)11-15(19)2)12-17-9-7-6-8-10-17/h6-11,13-14H,5,12H2,1-4H3. The van der Waals surface area contributed by atoms with Gasteiger partial charge in [-0.15, -0.1) is 0 Å². The summed E-state index contributed by atoms with van der Waals surface area (Å²) in [5.41, 5.74) is 5.54. The number of furan rings is 1. The Labute approximate surface area is 143 Å². The zero-order valence-corrected chi connectivity index (χ0v) is 14.8. The molecular weight excluding hydrogens is 296 g/mol. The van der Waals surface area contributed by atoms with Gasteiger partial charge < -0.3 is 9.32 Å². The number of nitrogens with zero attached hydrogens (tertiary/aromatic N) is 2. The van der Waals surface area contributed by atoms with Gasteiger partial charge in [-0.1, -0.05) is 30.3 Å². The summed E-state index contributed by atoms with van der Waals surface area (Å²) < 4.78 is 6.12. The fraction of sp³-hybridized carbons (Fsp3) is 0.286. The van der Waals surface area contributed by atoms with Crippen LogP contribution >= 0.6 is 0 Å². The Balaban J connectivity index is 1.97.